The van der Waals surface area contributed by atoms with Gasteiger partial charge >= 0.3 is 0 Å². The Morgan fingerprint density at radius 2 is 1.61 bits per heavy atom. The summed E-state index contributed by atoms with van der Waals surface area (Å²) in [4.78, 5) is 9.57. The molecule has 1 saturated heterocycles. The lowest BCUT2D eigenvalue weighted by atomic mass is 9.98. The molecule has 0 aromatic carbocycles. The van der Waals surface area contributed by atoms with E-state index in [1.54, 1.807) is 0 Å². The second-order valence-electron chi connectivity index (χ2n) is 8.76. The summed E-state index contributed by atoms with van der Waals surface area (Å²) in [6.45, 7) is 15.4. The van der Waals surface area contributed by atoms with E-state index in [2.05, 4.69) is 54.6 Å². The van der Waals surface area contributed by atoms with Gasteiger partial charge in [-0.15, -0.1) is 0 Å². The van der Waals surface area contributed by atoms with E-state index in [-0.39, 0.29) is 0 Å². The Labute approximate surface area is 174 Å². The number of piperazine rings is 1. The smallest absolute Gasteiger partial charge is 0.0900 e. The molecule has 1 heterocycles. The van der Waals surface area contributed by atoms with Crippen LogP contribution in [0.3, 0.4) is 0 Å². The van der Waals surface area contributed by atoms with Crippen molar-refractivity contribution in [3.8, 4) is 0 Å². The van der Waals surface area contributed by atoms with Gasteiger partial charge in [0.15, 0.2) is 0 Å². The molecule has 6 nitrogen and oxygen atoms in total. The van der Waals surface area contributed by atoms with Crippen LogP contribution in [-0.2, 0) is 4.74 Å². The van der Waals surface area contributed by atoms with E-state index in [0.717, 1.165) is 45.1 Å². The third-order valence-electron chi connectivity index (χ3n) is 6.15. The summed E-state index contributed by atoms with van der Waals surface area (Å²) in [5.74, 6) is 0.827. The van der Waals surface area contributed by atoms with Gasteiger partial charge < -0.3 is 24.5 Å². The molecule has 1 aliphatic rings. The Hall–Kier alpha value is -0.240. The van der Waals surface area contributed by atoms with Crippen LogP contribution >= 0.6 is 0 Å². The molecule has 0 saturated carbocycles. The van der Waals surface area contributed by atoms with Crippen LogP contribution in [0.2, 0.25) is 0 Å². The second-order valence-corrected chi connectivity index (χ2v) is 8.76. The van der Waals surface area contributed by atoms with Gasteiger partial charge in [-0.2, -0.15) is 0 Å². The van der Waals surface area contributed by atoms with Gasteiger partial charge in [-0.25, -0.2) is 0 Å². The monoisotopic (exact) mass is 400 g/mol. The molecule has 0 aromatic rings. The molecule has 6 heteroatoms. The average molecular weight is 401 g/mol. The Morgan fingerprint density at radius 1 is 0.964 bits per heavy atom. The zero-order valence-corrected chi connectivity index (χ0v) is 19.4. The topological polar surface area (TPSA) is 42.4 Å². The fourth-order valence-corrected chi connectivity index (χ4v) is 3.73. The normalized spacial score (nSPS) is 17.9. The van der Waals surface area contributed by atoms with Crippen molar-refractivity contribution < 1.29 is 9.84 Å². The number of likely N-dealkylation sites (N-methyl/N-ethyl adjacent to an activating group) is 3. The van der Waals surface area contributed by atoms with Crippen LogP contribution in [0.1, 0.15) is 39.5 Å². The summed E-state index contributed by atoms with van der Waals surface area (Å²) in [5.41, 5.74) is 0. The standard InChI is InChI=1S/C22H48N4O2/c1-6-21(7-2)9-8-18-28-20-22(27)19-25(5)11-10-23(3)12-15-26-16-13-24(4)14-17-26/h21-22,27H,6-20H2,1-5H3. The molecule has 0 spiro atoms. The van der Waals surface area contributed by atoms with Crippen molar-refractivity contribution in [2.24, 2.45) is 5.92 Å². The van der Waals surface area contributed by atoms with Gasteiger partial charge in [-0.3, -0.25) is 4.90 Å². The summed E-state index contributed by atoms with van der Waals surface area (Å²) >= 11 is 0. The van der Waals surface area contributed by atoms with Gasteiger partial charge in [-0.1, -0.05) is 26.7 Å². The van der Waals surface area contributed by atoms with Gasteiger partial charge in [0, 0.05) is 65.5 Å². The molecular formula is C22H48N4O2. The minimum absolute atomic E-state index is 0.395. The van der Waals surface area contributed by atoms with Crippen molar-refractivity contribution in [1.29, 1.82) is 0 Å². The lowest BCUT2D eigenvalue weighted by molar-refractivity contribution is 0.0177. The van der Waals surface area contributed by atoms with Crippen LogP contribution in [0.25, 0.3) is 0 Å². The molecule has 1 fully saturated rings. The number of hydrogen-bond donors (Lipinski definition) is 1. The highest BCUT2D eigenvalue weighted by Crippen LogP contribution is 2.14. The number of aliphatic hydroxyl groups excluding tert-OH is 1. The van der Waals surface area contributed by atoms with Gasteiger partial charge in [0.25, 0.3) is 0 Å². The molecule has 1 rings (SSSR count). The first kappa shape index (κ1) is 25.8. The fraction of sp³-hybridized carbons (Fsp3) is 1.00. The zero-order valence-electron chi connectivity index (χ0n) is 19.4. The minimum Gasteiger partial charge on any atom is -0.389 e. The third-order valence-corrected chi connectivity index (χ3v) is 6.15. The molecular weight excluding hydrogens is 352 g/mol. The van der Waals surface area contributed by atoms with Crippen LogP contribution in [0.4, 0.5) is 0 Å². The number of aliphatic hydroxyl groups is 1. The molecule has 1 atom stereocenters. The number of hydrogen-bond acceptors (Lipinski definition) is 6. The molecule has 168 valence electrons. The molecule has 0 radical (unpaired) electrons. The van der Waals surface area contributed by atoms with Crippen molar-refractivity contribution in [3.05, 3.63) is 0 Å². The van der Waals surface area contributed by atoms with E-state index >= 15 is 0 Å². The molecule has 0 aliphatic carbocycles. The van der Waals surface area contributed by atoms with E-state index in [4.69, 9.17) is 4.74 Å². The SMILES string of the molecule is CCC(CC)CCCOCC(O)CN(C)CCN(C)CCN1CCN(C)CC1. The van der Waals surface area contributed by atoms with Gasteiger partial charge in [0.2, 0.25) is 0 Å². The van der Waals surface area contributed by atoms with E-state index < -0.39 is 6.10 Å². The highest BCUT2D eigenvalue weighted by Gasteiger charge is 2.14. The van der Waals surface area contributed by atoms with Gasteiger partial charge in [0.05, 0.1) is 12.7 Å². The Kier molecular flexibility index (Phi) is 14.4. The molecule has 0 aromatic heterocycles. The van der Waals surface area contributed by atoms with Crippen molar-refractivity contribution >= 4 is 0 Å². The first-order chi connectivity index (χ1) is 13.4. The first-order valence-corrected chi connectivity index (χ1v) is 11.5. The molecule has 1 N–H and O–H groups in total. The van der Waals surface area contributed by atoms with E-state index in [9.17, 15) is 5.11 Å². The summed E-state index contributed by atoms with van der Waals surface area (Å²) in [5, 5.41) is 10.2. The number of nitrogens with zero attached hydrogens (tertiary/aromatic N) is 4. The maximum atomic E-state index is 10.2. The second kappa shape index (κ2) is 15.6. The van der Waals surface area contributed by atoms with Crippen molar-refractivity contribution in [2.75, 3.05) is 93.3 Å². The molecule has 1 unspecified atom stereocenters. The molecule has 28 heavy (non-hydrogen) atoms. The summed E-state index contributed by atoms with van der Waals surface area (Å²) in [6, 6.07) is 0. The highest BCUT2D eigenvalue weighted by molar-refractivity contribution is 4.70. The predicted molar refractivity (Wildman–Crippen MR) is 119 cm³/mol. The Bertz CT molecular complexity index is 360. The maximum Gasteiger partial charge on any atom is 0.0900 e. The van der Waals surface area contributed by atoms with Crippen molar-refractivity contribution in [2.45, 2.75) is 45.6 Å². The number of rotatable bonds is 16. The third kappa shape index (κ3) is 12.3. The summed E-state index contributed by atoms with van der Waals surface area (Å²) in [7, 11) is 6.49. The molecule has 1 aliphatic heterocycles. The lowest BCUT2D eigenvalue weighted by Crippen LogP contribution is -2.47. The van der Waals surface area contributed by atoms with Crippen molar-refractivity contribution in [3.63, 3.8) is 0 Å². The van der Waals surface area contributed by atoms with E-state index in [1.165, 1.54) is 45.4 Å². The van der Waals surface area contributed by atoms with Gasteiger partial charge in [-0.05, 0) is 39.9 Å². The van der Waals surface area contributed by atoms with Crippen LogP contribution in [0.15, 0.2) is 0 Å². The van der Waals surface area contributed by atoms with Crippen LogP contribution in [0.5, 0.6) is 0 Å². The van der Waals surface area contributed by atoms with Crippen LogP contribution in [-0.4, -0.2) is 124 Å². The van der Waals surface area contributed by atoms with E-state index in [1.807, 2.05) is 0 Å². The minimum atomic E-state index is -0.395. The summed E-state index contributed by atoms with van der Waals surface area (Å²) < 4.78 is 5.68. The first-order valence-electron chi connectivity index (χ1n) is 11.5. The zero-order chi connectivity index (χ0) is 20.8. The predicted octanol–water partition coefficient (Wildman–Crippen LogP) is 1.69. The Morgan fingerprint density at radius 3 is 2.25 bits per heavy atom. The highest BCUT2D eigenvalue weighted by atomic mass is 16.5. The average Bonchev–Trinajstić information content (AvgIpc) is 2.68. The number of ether oxygens (including phenoxy) is 1. The molecule has 0 amide bonds. The molecule has 0 bridgehead atoms. The lowest BCUT2D eigenvalue weighted by Gasteiger charge is -2.33. The van der Waals surface area contributed by atoms with Crippen molar-refractivity contribution in [1.82, 2.24) is 19.6 Å². The Balaban J connectivity index is 2.01. The summed E-state index contributed by atoms with van der Waals surface area (Å²) in [6.07, 6.45) is 4.46. The largest absolute Gasteiger partial charge is 0.389 e. The van der Waals surface area contributed by atoms with Crippen LogP contribution < -0.4 is 0 Å². The van der Waals surface area contributed by atoms with E-state index in [0.29, 0.717) is 13.2 Å². The van der Waals surface area contributed by atoms with Crippen LogP contribution in [0, 0.1) is 5.92 Å². The quantitative estimate of drug-likeness (QED) is 0.398. The maximum absolute atomic E-state index is 10.2. The van der Waals surface area contributed by atoms with Gasteiger partial charge in [0.1, 0.15) is 0 Å². The fourth-order valence-electron chi connectivity index (χ4n) is 3.73.